The van der Waals surface area contributed by atoms with Crippen molar-refractivity contribution < 1.29 is 4.79 Å². The van der Waals surface area contributed by atoms with Gasteiger partial charge in [0.25, 0.3) is 5.91 Å². The first-order valence-corrected chi connectivity index (χ1v) is 8.76. The highest BCUT2D eigenvalue weighted by atomic mass is 16.2. The molecule has 1 unspecified atom stereocenters. The number of piperidine rings is 1. The molecule has 1 saturated heterocycles. The molecule has 3 heterocycles. The van der Waals surface area contributed by atoms with Crippen LogP contribution in [0.1, 0.15) is 40.6 Å². The molecule has 0 saturated carbocycles. The number of hydrogen-bond donors (Lipinski definition) is 0. The van der Waals surface area contributed by atoms with Crippen LogP contribution in [0, 0.1) is 6.92 Å². The summed E-state index contributed by atoms with van der Waals surface area (Å²) in [6, 6.07) is 9.64. The maximum atomic E-state index is 13.0. The van der Waals surface area contributed by atoms with Crippen LogP contribution in [0.2, 0.25) is 0 Å². The van der Waals surface area contributed by atoms with Gasteiger partial charge in [-0.25, -0.2) is 4.98 Å². The molecule has 1 aliphatic rings. The normalized spacial score (nSPS) is 17.8. The number of carbonyl (C=O) groups excluding carboxylic acids is 1. The molecule has 1 fully saturated rings. The molecular formula is C20H22N4O. The van der Waals surface area contributed by atoms with E-state index in [1.807, 2.05) is 55.4 Å². The van der Waals surface area contributed by atoms with Crippen molar-refractivity contribution in [1.29, 1.82) is 0 Å². The molecule has 0 N–H and O–H groups in total. The van der Waals surface area contributed by atoms with Gasteiger partial charge in [-0.15, -0.1) is 0 Å². The first kappa shape index (κ1) is 15.8. The number of amides is 1. The molecule has 1 aromatic carbocycles. The summed E-state index contributed by atoms with van der Waals surface area (Å²) in [5.41, 5.74) is 2.68. The summed E-state index contributed by atoms with van der Waals surface area (Å²) in [7, 11) is 2.03. The van der Waals surface area contributed by atoms with Crippen LogP contribution >= 0.6 is 0 Å². The molecule has 0 bridgehead atoms. The fourth-order valence-corrected chi connectivity index (χ4v) is 3.78. The van der Waals surface area contributed by atoms with E-state index in [1.165, 1.54) is 0 Å². The number of fused-ring (bicyclic) bond motifs is 1. The predicted octanol–water partition coefficient (Wildman–Crippen LogP) is 3.30. The minimum absolute atomic E-state index is 0.0985. The van der Waals surface area contributed by atoms with Gasteiger partial charge in [-0.3, -0.25) is 9.78 Å². The molecule has 4 rings (SSSR count). The van der Waals surface area contributed by atoms with E-state index >= 15 is 0 Å². The van der Waals surface area contributed by atoms with E-state index in [2.05, 4.69) is 14.5 Å². The molecular weight excluding hydrogens is 312 g/mol. The largest absolute Gasteiger partial charge is 0.338 e. The van der Waals surface area contributed by atoms with Crippen LogP contribution < -0.4 is 0 Å². The molecule has 0 aliphatic carbocycles. The molecule has 1 amide bonds. The van der Waals surface area contributed by atoms with Gasteiger partial charge in [-0.2, -0.15) is 0 Å². The van der Waals surface area contributed by atoms with E-state index in [0.717, 1.165) is 53.9 Å². The smallest absolute Gasteiger partial charge is 0.253 e. The Bertz CT molecular complexity index is 930. The number of nitrogens with zero attached hydrogens (tertiary/aromatic N) is 4. The second-order valence-electron chi connectivity index (χ2n) is 6.85. The van der Waals surface area contributed by atoms with Gasteiger partial charge in [0, 0.05) is 49.4 Å². The van der Waals surface area contributed by atoms with Crippen LogP contribution in [0.25, 0.3) is 10.9 Å². The second-order valence-corrected chi connectivity index (χ2v) is 6.85. The number of likely N-dealkylation sites (tertiary alicyclic amines) is 1. The van der Waals surface area contributed by atoms with Crippen molar-refractivity contribution >= 4 is 16.8 Å². The highest BCUT2D eigenvalue weighted by molar-refractivity contribution is 5.98. The highest BCUT2D eigenvalue weighted by Crippen LogP contribution is 2.27. The van der Waals surface area contributed by atoms with E-state index in [4.69, 9.17) is 0 Å². The maximum Gasteiger partial charge on any atom is 0.253 e. The van der Waals surface area contributed by atoms with Gasteiger partial charge in [-0.1, -0.05) is 6.07 Å². The Morgan fingerprint density at radius 3 is 2.96 bits per heavy atom. The zero-order valence-corrected chi connectivity index (χ0v) is 14.6. The van der Waals surface area contributed by atoms with Gasteiger partial charge in [-0.05, 0) is 44.0 Å². The Hall–Kier alpha value is -2.69. The van der Waals surface area contributed by atoms with Gasteiger partial charge in [0.15, 0.2) is 0 Å². The summed E-state index contributed by atoms with van der Waals surface area (Å²) in [5.74, 6) is 1.48. The number of aryl methyl sites for hydroxylation is 2. The molecule has 1 atom stereocenters. The fourth-order valence-electron chi connectivity index (χ4n) is 3.78. The van der Waals surface area contributed by atoms with E-state index < -0.39 is 0 Å². The summed E-state index contributed by atoms with van der Waals surface area (Å²) in [4.78, 5) is 23.9. The molecule has 5 heteroatoms. The van der Waals surface area contributed by atoms with Crippen molar-refractivity contribution in [1.82, 2.24) is 19.4 Å². The number of benzene rings is 1. The van der Waals surface area contributed by atoms with Crippen molar-refractivity contribution in [3.63, 3.8) is 0 Å². The topological polar surface area (TPSA) is 51.0 Å². The van der Waals surface area contributed by atoms with Crippen LogP contribution in [0.4, 0.5) is 0 Å². The Balaban J connectivity index is 1.57. The van der Waals surface area contributed by atoms with Crippen LogP contribution in [0.5, 0.6) is 0 Å². The molecule has 0 spiro atoms. The summed E-state index contributed by atoms with van der Waals surface area (Å²) in [6.07, 6.45) is 5.91. The number of imidazole rings is 1. The SMILES string of the molecule is Cc1cn(C)c(C2CCCN(C(=O)c3ccc4ncccc4c3)C2)n1. The molecule has 1 aliphatic heterocycles. The van der Waals surface area contributed by atoms with Crippen molar-refractivity contribution in [2.24, 2.45) is 7.05 Å². The van der Waals surface area contributed by atoms with Crippen LogP contribution in [-0.2, 0) is 7.05 Å². The molecule has 128 valence electrons. The Morgan fingerprint density at radius 1 is 1.28 bits per heavy atom. The monoisotopic (exact) mass is 334 g/mol. The average molecular weight is 334 g/mol. The molecule has 25 heavy (non-hydrogen) atoms. The molecule has 2 aromatic heterocycles. The van der Waals surface area contributed by atoms with E-state index in [9.17, 15) is 4.79 Å². The zero-order valence-electron chi connectivity index (χ0n) is 14.6. The molecule has 5 nitrogen and oxygen atoms in total. The second kappa shape index (κ2) is 6.31. The number of carbonyl (C=O) groups is 1. The van der Waals surface area contributed by atoms with Crippen molar-refractivity contribution in [2.45, 2.75) is 25.7 Å². The van der Waals surface area contributed by atoms with E-state index in [-0.39, 0.29) is 5.91 Å². The first-order chi connectivity index (χ1) is 12.1. The number of aromatic nitrogens is 3. The highest BCUT2D eigenvalue weighted by Gasteiger charge is 2.28. The van der Waals surface area contributed by atoms with E-state index in [0.29, 0.717) is 5.92 Å². The quantitative estimate of drug-likeness (QED) is 0.722. The third kappa shape index (κ3) is 3.02. The lowest BCUT2D eigenvalue weighted by Gasteiger charge is -2.32. The van der Waals surface area contributed by atoms with Crippen molar-refractivity contribution in [3.05, 3.63) is 59.8 Å². The third-order valence-corrected chi connectivity index (χ3v) is 4.96. The summed E-state index contributed by atoms with van der Waals surface area (Å²) >= 11 is 0. The minimum Gasteiger partial charge on any atom is -0.338 e. The zero-order chi connectivity index (χ0) is 17.4. The fraction of sp³-hybridized carbons (Fsp3) is 0.350. The summed E-state index contributed by atoms with van der Waals surface area (Å²) < 4.78 is 2.09. The van der Waals surface area contributed by atoms with E-state index in [1.54, 1.807) is 6.20 Å². The standard InChI is InChI=1S/C20H22N4O/c1-14-12-23(2)19(22-14)17-6-4-10-24(13-17)20(25)16-7-8-18-15(11-16)5-3-9-21-18/h3,5,7-9,11-12,17H,4,6,10,13H2,1-2H3. The average Bonchev–Trinajstić information content (AvgIpc) is 2.99. The van der Waals surface area contributed by atoms with Crippen molar-refractivity contribution in [2.75, 3.05) is 13.1 Å². The van der Waals surface area contributed by atoms with Gasteiger partial charge in [0.2, 0.25) is 0 Å². The van der Waals surface area contributed by atoms with Gasteiger partial charge < -0.3 is 9.47 Å². The van der Waals surface area contributed by atoms with Crippen molar-refractivity contribution in [3.8, 4) is 0 Å². The lowest BCUT2D eigenvalue weighted by molar-refractivity contribution is 0.0703. The van der Waals surface area contributed by atoms with Crippen LogP contribution in [0.15, 0.2) is 42.7 Å². The lowest BCUT2D eigenvalue weighted by atomic mass is 9.96. The predicted molar refractivity (Wildman–Crippen MR) is 97.6 cm³/mol. The number of pyridine rings is 1. The van der Waals surface area contributed by atoms with Gasteiger partial charge in [0.1, 0.15) is 5.82 Å². The lowest BCUT2D eigenvalue weighted by Crippen LogP contribution is -2.39. The number of rotatable bonds is 2. The van der Waals surface area contributed by atoms with Gasteiger partial charge in [0.05, 0.1) is 11.2 Å². The Kier molecular flexibility index (Phi) is 3.99. The minimum atomic E-state index is 0.0985. The number of hydrogen-bond acceptors (Lipinski definition) is 3. The van der Waals surface area contributed by atoms with Gasteiger partial charge >= 0.3 is 0 Å². The van der Waals surface area contributed by atoms with Crippen LogP contribution in [-0.4, -0.2) is 38.4 Å². The summed E-state index contributed by atoms with van der Waals surface area (Å²) in [6.45, 7) is 3.55. The summed E-state index contributed by atoms with van der Waals surface area (Å²) in [5, 5.41) is 1.00. The first-order valence-electron chi connectivity index (χ1n) is 8.76. The maximum absolute atomic E-state index is 13.0. The Morgan fingerprint density at radius 2 is 2.16 bits per heavy atom. The van der Waals surface area contributed by atoms with Crippen LogP contribution in [0.3, 0.4) is 0 Å². The Labute approximate surface area is 147 Å². The molecule has 3 aromatic rings. The molecule has 0 radical (unpaired) electrons. The third-order valence-electron chi connectivity index (χ3n) is 4.96.